The van der Waals surface area contributed by atoms with Gasteiger partial charge >= 0.3 is 0 Å². The van der Waals surface area contributed by atoms with Gasteiger partial charge in [-0.15, -0.1) is 0 Å². The quantitative estimate of drug-likeness (QED) is 0.597. The standard InChI is InChI=1S/C21H30NO2/c1-4-22(5-2,6-3)16-17-23-21-14-12-19(13-15-21)18-24-20-10-8-7-9-11-20/h7-15H,4-6,16-18H2,1-3H3/q+1. The number of quaternary nitrogens is 1. The first-order valence-corrected chi connectivity index (χ1v) is 8.96. The molecular formula is C21H30NO2+. The van der Waals surface area contributed by atoms with E-state index in [0.717, 1.165) is 54.3 Å². The minimum absolute atomic E-state index is 0.575. The van der Waals surface area contributed by atoms with Crippen molar-refractivity contribution in [3.63, 3.8) is 0 Å². The molecule has 2 aromatic carbocycles. The normalized spacial score (nSPS) is 11.3. The van der Waals surface area contributed by atoms with Crippen LogP contribution in [0.5, 0.6) is 11.5 Å². The van der Waals surface area contributed by atoms with E-state index < -0.39 is 0 Å². The van der Waals surface area contributed by atoms with Crippen molar-refractivity contribution < 1.29 is 14.0 Å². The SMILES string of the molecule is CC[N+](CC)(CC)CCOc1ccc(COc2ccccc2)cc1. The molecule has 0 unspecified atom stereocenters. The maximum Gasteiger partial charge on any atom is 0.137 e. The summed E-state index contributed by atoms with van der Waals surface area (Å²) >= 11 is 0. The van der Waals surface area contributed by atoms with Gasteiger partial charge in [0.25, 0.3) is 0 Å². The van der Waals surface area contributed by atoms with Crippen molar-refractivity contribution >= 4 is 0 Å². The Morgan fingerprint density at radius 2 is 1.29 bits per heavy atom. The van der Waals surface area contributed by atoms with Crippen molar-refractivity contribution in [2.45, 2.75) is 27.4 Å². The third-order valence-corrected chi connectivity index (χ3v) is 4.92. The summed E-state index contributed by atoms with van der Waals surface area (Å²) in [6.07, 6.45) is 0. The van der Waals surface area contributed by atoms with Gasteiger partial charge < -0.3 is 14.0 Å². The van der Waals surface area contributed by atoms with Gasteiger partial charge in [0.1, 0.15) is 31.3 Å². The molecule has 0 N–H and O–H groups in total. The summed E-state index contributed by atoms with van der Waals surface area (Å²) < 4.78 is 12.8. The fourth-order valence-corrected chi connectivity index (χ4v) is 2.87. The first-order valence-electron chi connectivity index (χ1n) is 8.96. The number of rotatable bonds is 10. The number of hydrogen-bond acceptors (Lipinski definition) is 2. The Balaban J connectivity index is 1.79. The average Bonchev–Trinajstić information content (AvgIpc) is 2.66. The van der Waals surface area contributed by atoms with Crippen molar-refractivity contribution in [1.82, 2.24) is 0 Å². The predicted octanol–water partition coefficient (Wildman–Crippen LogP) is 4.52. The largest absolute Gasteiger partial charge is 0.489 e. The van der Waals surface area contributed by atoms with Crippen molar-refractivity contribution in [2.75, 3.05) is 32.8 Å². The van der Waals surface area contributed by atoms with Gasteiger partial charge in [-0.1, -0.05) is 30.3 Å². The average molecular weight is 328 g/mol. The van der Waals surface area contributed by atoms with Crippen LogP contribution >= 0.6 is 0 Å². The summed E-state index contributed by atoms with van der Waals surface area (Å²) in [5.74, 6) is 1.82. The molecule has 0 aliphatic heterocycles. The number of benzene rings is 2. The zero-order valence-electron chi connectivity index (χ0n) is 15.2. The third-order valence-electron chi connectivity index (χ3n) is 4.92. The van der Waals surface area contributed by atoms with Crippen LogP contribution in [0.15, 0.2) is 54.6 Å². The summed E-state index contributed by atoms with van der Waals surface area (Å²) in [4.78, 5) is 0. The molecule has 0 atom stereocenters. The van der Waals surface area contributed by atoms with E-state index in [1.807, 2.05) is 42.5 Å². The highest BCUT2D eigenvalue weighted by Gasteiger charge is 2.20. The zero-order chi connectivity index (χ0) is 17.3. The second kappa shape index (κ2) is 9.33. The molecule has 0 saturated carbocycles. The molecule has 0 aliphatic rings. The van der Waals surface area contributed by atoms with Crippen LogP contribution in [0.25, 0.3) is 0 Å². The molecule has 0 saturated heterocycles. The van der Waals surface area contributed by atoms with Gasteiger partial charge in [0.2, 0.25) is 0 Å². The van der Waals surface area contributed by atoms with Gasteiger partial charge in [0.15, 0.2) is 0 Å². The highest BCUT2D eigenvalue weighted by molar-refractivity contribution is 5.28. The van der Waals surface area contributed by atoms with Gasteiger partial charge in [0.05, 0.1) is 19.6 Å². The van der Waals surface area contributed by atoms with E-state index in [4.69, 9.17) is 9.47 Å². The molecule has 0 heterocycles. The molecule has 0 aromatic heterocycles. The fourth-order valence-electron chi connectivity index (χ4n) is 2.87. The molecular weight excluding hydrogens is 298 g/mol. The highest BCUT2D eigenvalue weighted by Crippen LogP contribution is 2.16. The number of para-hydroxylation sites is 1. The van der Waals surface area contributed by atoms with Gasteiger partial charge in [-0.3, -0.25) is 0 Å². The highest BCUT2D eigenvalue weighted by atomic mass is 16.5. The topological polar surface area (TPSA) is 18.5 Å². The minimum atomic E-state index is 0.575. The van der Waals surface area contributed by atoms with Crippen molar-refractivity contribution in [3.05, 3.63) is 60.2 Å². The smallest absolute Gasteiger partial charge is 0.137 e. The van der Waals surface area contributed by atoms with Crippen LogP contribution in [0.2, 0.25) is 0 Å². The number of hydrogen-bond donors (Lipinski definition) is 0. The lowest BCUT2D eigenvalue weighted by atomic mass is 10.2. The van der Waals surface area contributed by atoms with E-state index in [-0.39, 0.29) is 0 Å². The molecule has 3 nitrogen and oxygen atoms in total. The lowest BCUT2D eigenvalue weighted by Crippen LogP contribution is -2.49. The summed E-state index contributed by atoms with van der Waals surface area (Å²) in [6, 6.07) is 18.1. The van der Waals surface area contributed by atoms with E-state index in [1.165, 1.54) is 0 Å². The van der Waals surface area contributed by atoms with Crippen LogP contribution in [0.3, 0.4) is 0 Å². The van der Waals surface area contributed by atoms with Gasteiger partial charge in [-0.25, -0.2) is 0 Å². The second-order valence-electron chi connectivity index (χ2n) is 6.11. The Labute approximate surface area is 146 Å². The maximum absolute atomic E-state index is 5.93. The van der Waals surface area contributed by atoms with E-state index in [9.17, 15) is 0 Å². The zero-order valence-corrected chi connectivity index (χ0v) is 15.2. The number of likely N-dealkylation sites (N-methyl/N-ethyl adjacent to an activating group) is 1. The minimum Gasteiger partial charge on any atom is -0.489 e. The molecule has 2 aromatic rings. The summed E-state index contributed by atoms with van der Waals surface area (Å²) in [5.41, 5.74) is 1.15. The molecule has 0 spiro atoms. The van der Waals surface area contributed by atoms with Crippen LogP contribution in [0.4, 0.5) is 0 Å². The second-order valence-corrected chi connectivity index (χ2v) is 6.11. The first kappa shape index (κ1) is 18.3. The summed E-state index contributed by atoms with van der Waals surface area (Å²) in [7, 11) is 0. The molecule has 0 amide bonds. The van der Waals surface area contributed by atoms with Crippen molar-refractivity contribution in [3.8, 4) is 11.5 Å². The van der Waals surface area contributed by atoms with Crippen molar-refractivity contribution in [2.24, 2.45) is 0 Å². The summed E-state index contributed by atoms with van der Waals surface area (Å²) in [6.45, 7) is 12.6. The van der Waals surface area contributed by atoms with E-state index in [2.05, 4.69) is 32.9 Å². The molecule has 3 heteroatoms. The molecule has 0 fully saturated rings. The van der Waals surface area contributed by atoms with Crippen molar-refractivity contribution in [1.29, 1.82) is 0 Å². The Bertz CT molecular complexity index is 568. The monoisotopic (exact) mass is 328 g/mol. The maximum atomic E-state index is 5.93. The Morgan fingerprint density at radius 1 is 0.708 bits per heavy atom. The molecule has 2 rings (SSSR count). The molecule has 130 valence electrons. The van der Waals surface area contributed by atoms with Crippen LogP contribution in [0, 0.1) is 0 Å². The van der Waals surface area contributed by atoms with Crippen LogP contribution in [-0.2, 0) is 6.61 Å². The molecule has 0 aliphatic carbocycles. The predicted molar refractivity (Wildman–Crippen MR) is 99.5 cm³/mol. The Hall–Kier alpha value is -2.00. The van der Waals surface area contributed by atoms with E-state index in [0.29, 0.717) is 6.61 Å². The van der Waals surface area contributed by atoms with E-state index in [1.54, 1.807) is 0 Å². The van der Waals surface area contributed by atoms with Gasteiger partial charge in [-0.05, 0) is 50.6 Å². The third kappa shape index (κ3) is 5.27. The lowest BCUT2D eigenvalue weighted by Gasteiger charge is -2.35. The van der Waals surface area contributed by atoms with Crippen LogP contribution < -0.4 is 9.47 Å². The van der Waals surface area contributed by atoms with Crippen LogP contribution in [-0.4, -0.2) is 37.3 Å². The molecule has 0 bridgehead atoms. The van der Waals surface area contributed by atoms with Gasteiger partial charge in [-0.2, -0.15) is 0 Å². The molecule has 24 heavy (non-hydrogen) atoms. The number of nitrogens with zero attached hydrogens (tertiary/aromatic N) is 1. The van der Waals surface area contributed by atoms with E-state index >= 15 is 0 Å². The molecule has 0 radical (unpaired) electrons. The number of ether oxygens (including phenoxy) is 2. The lowest BCUT2D eigenvalue weighted by molar-refractivity contribution is -0.923. The summed E-state index contributed by atoms with van der Waals surface area (Å²) in [5, 5.41) is 0. The fraction of sp³-hybridized carbons (Fsp3) is 0.429. The Morgan fingerprint density at radius 3 is 1.88 bits per heavy atom. The first-order chi connectivity index (χ1) is 11.7. The Kier molecular flexibility index (Phi) is 7.13. The van der Waals surface area contributed by atoms with Gasteiger partial charge in [0, 0.05) is 0 Å². The van der Waals surface area contributed by atoms with Crippen LogP contribution in [0.1, 0.15) is 26.3 Å².